The zero-order chi connectivity index (χ0) is 15.1. The standard InChI is InChI=1S/C18H23N3O/c19-15-9-10-17(22)21(12-5-1-2-6-12)18(15)14-11-20-16-8-4-3-7-13(14)16/h3-4,7-8,11-12,15,18,20H,1-2,5-6,9-10,19H2. The van der Waals surface area contributed by atoms with Crippen LogP contribution in [-0.2, 0) is 4.79 Å². The highest BCUT2D eigenvalue weighted by molar-refractivity contribution is 5.85. The predicted octanol–water partition coefficient (Wildman–Crippen LogP) is 3.10. The first kappa shape index (κ1) is 13.8. The number of rotatable bonds is 2. The number of aromatic nitrogens is 1. The Morgan fingerprint density at radius 2 is 1.91 bits per heavy atom. The van der Waals surface area contributed by atoms with Crippen molar-refractivity contribution in [3.63, 3.8) is 0 Å². The molecule has 1 aliphatic carbocycles. The van der Waals surface area contributed by atoms with Gasteiger partial charge in [-0.3, -0.25) is 4.79 Å². The van der Waals surface area contributed by atoms with Crippen molar-refractivity contribution in [3.05, 3.63) is 36.0 Å². The number of nitrogens with one attached hydrogen (secondary N) is 1. The smallest absolute Gasteiger partial charge is 0.223 e. The second-order valence-electron chi connectivity index (χ2n) is 6.68. The van der Waals surface area contributed by atoms with Gasteiger partial charge in [-0.25, -0.2) is 0 Å². The summed E-state index contributed by atoms with van der Waals surface area (Å²) in [6, 6.07) is 8.70. The summed E-state index contributed by atoms with van der Waals surface area (Å²) in [5.74, 6) is 0.281. The van der Waals surface area contributed by atoms with Crippen LogP contribution >= 0.6 is 0 Å². The molecule has 2 unspecified atom stereocenters. The van der Waals surface area contributed by atoms with Crippen molar-refractivity contribution in [2.24, 2.45) is 5.73 Å². The summed E-state index contributed by atoms with van der Waals surface area (Å²) in [7, 11) is 0. The number of carbonyl (C=O) groups excluding carboxylic acids is 1. The van der Waals surface area contributed by atoms with E-state index in [1.54, 1.807) is 0 Å². The van der Waals surface area contributed by atoms with Gasteiger partial charge in [-0.2, -0.15) is 0 Å². The van der Waals surface area contributed by atoms with Gasteiger partial charge in [0.25, 0.3) is 0 Å². The number of nitrogens with zero attached hydrogens (tertiary/aromatic N) is 1. The van der Waals surface area contributed by atoms with Crippen LogP contribution in [0, 0.1) is 0 Å². The number of likely N-dealkylation sites (tertiary alicyclic amines) is 1. The molecule has 4 rings (SSSR count). The van der Waals surface area contributed by atoms with E-state index in [4.69, 9.17) is 5.73 Å². The molecule has 0 radical (unpaired) electrons. The Morgan fingerprint density at radius 1 is 1.14 bits per heavy atom. The molecule has 2 atom stereocenters. The van der Waals surface area contributed by atoms with E-state index in [0.29, 0.717) is 12.5 Å². The molecular formula is C18H23N3O. The van der Waals surface area contributed by atoms with Gasteiger partial charge < -0.3 is 15.6 Å². The summed E-state index contributed by atoms with van der Waals surface area (Å²) in [6.45, 7) is 0. The van der Waals surface area contributed by atoms with Crippen LogP contribution in [0.5, 0.6) is 0 Å². The maximum absolute atomic E-state index is 12.6. The van der Waals surface area contributed by atoms with Crippen LogP contribution in [-0.4, -0.2) is 27.9 Å². The van der Waals surface area contributed by atoms with Crippen molar-refractivity contribution in [2.75, 3.05) is 0 Å². The fraction of sp³-hybridized carbons (Fsp3) is 0.500. The van der Waals surface area contributed by atoms with E-state index in [1.165, 1.54) is 23.8 Å². The molecular weight excluding hydrogens is 274 g/mol. The Kier molecular flexibility index (Phi) is 3.41. The molecule has 0 spiro atoms. The summed E-state index contributed by atoms with van der Waals surface area (Å²) in [5, 5.41) is 1.20. The molecule has 1 aromatic heterocycles. The van der Waals surface area contributed by atoms with E-state index >= 15 is 0 Å². The van der Waals surface area contributed by atoms with Crippen molar-refractivity contribution in [1.82, 2.24) is 9.88 Å². The number of hydrogen-bond donors (Lipinski definition) is 2. The first-order chi connectivity index (χ1) is 10.8. The Hall–Kier alpha value is -1.81. The summed E-state index contributed by atoms with van der Waals surface area (Å²) < 4.78 is 0. The minimum atomic E-state index is 0.0144. The molecule has 1 saturated carbocycles. The highest BCUT2D eigenvalue weighted by Gasteiger charge is 2.40. The van der Waals surface area contributed by atoms with Crippen LogP contribution in [0.15, 0.2) is 30.5 Å². The molecule has 2 fully saturated rings. The van der Waals surface area contributed by atoms with Crippen LogP contribution in [0.2, 0.25) is 0 Å². The van der Waals surface area contributed by atoms with E-state index in [0.717, 1.165) is 24.8 Å². The number of H-pyrrole nitrogens is 1. The molecule has 4 heteroatoms. The number of piperidine rings is 1. The van der Waals surface area contributed by atoms with Gasteiger partial charge in [0.1, 0.15) is 0 Å². The van der Waals surface area contributed by atoms with Crippen LogP contribution in [0.4, 0.5) is 0 Å². The average molecular weight is 297 g/mol. The second-order valence-corrected chi connectivity index (χ2v) is 6.68. The van der Waals surface area contributed by atoms with Gasteiger partial charge in [0, 0.05) is 41.2 Å². The molecule has 2 aliphatic rings. The normalized spacial score (nSPS) is 27.0. The van der Waals surface area contributed by atoms with Gasteiger partial charge >= 0.3 is 0 Å². The third-order valence-corrected chi connectivity index (χ3v) is 5.34. The van der Waals surface area contributed by atoms with E-state index in [-0.39, 0.29) is 18.0 Å². The number of nitrogens with two attached hydrogens (primary N) is 1. The Morgan fingerprint density at radius 3 is 2.73 bits per heavy atom. The maximum Gasteiger partial charge on any atom is 0.223 e. The molecule has 4 nitrogen and oxygen atoms in total. The zero-order valence-electron chi connectivity index (χ0n) is 12.8. The average Bonchev–Trinajstić information content (AvgIpc) is 3.18. The SMILES string of the molecule is NC1CCC(=O)N(C2CCCC2)C1c1c[nH]c2ccccc12. The lowest BCUT2D eigenvalue weighted by atomic mass is 9.88. The largest absolute Gasteiger partial charge is 0.361 e. The molecule has 2 heterocycles. The van der Waals surface area contributed by atoms with Crippen LogP contribution in [0.25, 0.3) is 10.9 Å². The fourth-order valence-corrected chi connectivity index (χ4v) is 4.27. The Balaban J connectivity index is 1.79. The molecule has 1 aromatic carbocycles. The summed E-state index contributed by atoms with van der Waals surface area (Å²) in [6.07, 6.45) is 8.13. The fourth-order valence-electron chi connectivity index (χ4n) is 4.27. The lowest BCUT2D eigenvalue weighted by Gasteiger charge is -2.43. The van der Waals surface area contributed by atoms with Gasteiger partial charge in [0.15, 0.2) is 0 Å². The van der Waals surface area contributed by atoms with Gasteiger partial charge in [0.2, 0.25) is 5.91 Å². The third kappa shape index (κ3) is 2.13. The van der Waals surface area contributed by atoms with Crippen LogP contribution < -0.4 is 5.73 Å². The highest BCUT2D eigenvalue weighted by atomic mass is 16.2. The lowest BCUT2D eigenvalue weighted by Crippen LogP contribution is -2.52. The monoisotopic (exact) mass is 297 g/mol. The summed E-state index contributed by atoms with van der Waals surface area (Å²) >= 11 is 0. The Bertz CT molecular complexity index is 686. The number of amides is 1. The summed E-state index contributed by atoms with van der Waals surface area (Å²) in [5.41, 5.74) is 8.78. The van der Waals surface area contributed by atoms with Gasteiger partial charge in [0.05, 0.1) is 6.04 Å². The zero-order valence-corrected chi connectivity index (χ0v) is 12.8. The Labute approximate surface area is 130 Å². The van der Waals surface area contributed by atoms with Gasteiger partial charge in [-0.1, -0.05) is 31.0 Å². The number of aromatic amines is 1. The number of fused-ring (bicyclic) bond motifs is 1. The molecule has 22 heavy (non-hydrogen) atoms. The number of hydrogen-bond acceptors (Lipinski definition) is 2. The van der Waals surface area contributed by atoms with Crippen LogP contribution in [0.3, 0.4) is 0 Å². The van der Waals surface area contributed by atoms with Crippen molar-refractivity contribution in [1.29, 1.82) is 0 Å². The lowest BCUT2D eigenvalue weighted by molar-refractivity contribution is -0.140. The third-order valence-electron chi connectivity index (χ3n) is 5.34. The van der Waals surface area contributed by atoms with Gasteiger partial charge in [-0.05, 0) is 25.3 Å². The first-order valence-electron chi connectivity index (χ1n) is 8.38. The molecule has 2 aromatic rings. The molecule has 0 bridgehead atoms. The van der Waals surface area contributed by atoms with E-state index < -0.39 is 0 Å². The van der Waals surface area contributed by atoms with Gasteiger partial charge in [-0.15, -0.1) is 0 Å². The molecule has 3 N–H and O–H groups in total. The minimum absolute atomic E-state index is 0.0144. The van der Waals surface area contributed by atoms with Crippen molar-refractivity contribution in [3.8, 4) is 0 Å². The van der Waals surface area contributed by atoms with E-state index in [2.05, 4.69) is 34.3 Å². The van der Waals surface area contributed by atoms with Crippen LogP contribution in [0.1, 0.15) is 50.1 Å². The highest BCUT2D eigenvalue weighted by Crippen LogP contribution is 2.39. The minimum Gasteiger partial charge on any atom is -0.361 e. The van der Waals surface area contributed by atoms with Crippen molar-refractivity contribution < 1.29 is 4.79 Å². The molecule has 1 aliphatic heterocycles. The maximum atomic E-state index is 12.6. The first-order valence-corrected chi connectivity index (χ1v) is 8.38. The molecule has 116 valence electrons. The van der Waals surface area contributed by atoms with E-state index in [9.17, 15) is 4.79 Å². The predicted molar refractivity (Wildman–Crippen MR) is 87.4 cm³/mol. The number of carbonyl (C=O) groups is 1. The topological polar surface area (TPSA) is 62.1 Å². The summed E-state index contributed by atoms with van der Waals surface area (Å²) in [4.78, 5) is 18.1. The number of benzene rings is 1. The molecule has 1 saturated heterocycles. The molecule has 1 amide bonds. The van der Waals surface area contributed by atoms with Crippen molar-refractivity contribution in [2.45, 2.75) is 56.7 Å². The van der Waals surface area contributed by atoms with Crippen molar-refractivity contribution >= 4 is 16.8 Å². The number of para-hydroxylation sites is 1. The quantitative estimate of drug-likeness (QED) is 0.894. The van der Waals surface area contributed by atoms with E-state index in [1.807, 2.05) is 6.07 Å². The second kappa shape index (κ2) is 5.43.